The second-order valence-electron chi connectivity index (χ2n) is 14.9. The van der Waals surface area contributed by atoms with E-state index in [0.717, 1.165) is 17.1 Å². The van der Waals surface area contributed by atoms with Crippen molar-refractivity contribution in [2.45, 2.75) is 0 Å². The third-order valence-corrected chi connectivity index (χ3v) is 12.7. The van der Waals surface area contributed by atoms with E-state index in [4.69, 9.17) is 0 Å². The molecule has 10 aromatic carbocycles. The van der Waals surface area contributed by atoms with Gasteiger partial charge in [-0.3, -0.25) is 0 Å². The van der Waals surface area contributed by atoms with E-state index in [1.54, 1.807) is 0 Å². The van der Waals surface area contributed by atoms with Crippen LogP contribution in [0.4, 0.5) is 17.1 Å². The number of hydrogen-bond donors (Lipinski definition) is 0. The molecule has 1 nitrogen and oxygen atoms in total. The minimum Gasteiger partial charge on any atom is -0.310 e. The maximum Gasteiger partial charge on any atom is 0.0467 e. The lowest BCUT2D eigenvalue weighted by atomic mass is 9.96. The van der Waals surface area contributed by atoms with Crippen molar-refractivity contribution < 1.29 is 0 Å². The number of thiophene rings is 1. The smallest absolute Gasteiger partial charge is 0.0467 e. The fourth-order valence-corrected chi connectivity index (χ4v) is 9.89. The molecule has 0 atom stereocenters. The molecule has 0 N–H and O–H groups in total. The summed E-state index contributed by atoms with van der Waals surface area (Å²) in [7, 11) is 0. The maximum absolute atomic E-state index is 2.38. The molecule has 0 aliphatic heterocycles. The van der Waals surface area contributed by atoms with Crippen LogP contribution in [0.15, 0.2) is 224 Å². The van der Waals surface area contributed by atoms with Gasteiger partial charge in [0.25, 0.3) is 0 Å². The molecule has 2 heteroatoms. The first-order valence-electron chi connectivity index (χ1n) is 19.8. The molecule has 11 rings (SSSR count). The van der Waals surface area contributed by atoms with Crippen LogP contribution in [0.5, 0.6) is 0 Å². The van der Waals surface area contributed by atoms with Crippen LogP contribution in [0.1, 0.15) is 0 Å². The predicted octanol–water partition coefficient (Wildman–Crippen LogP) is 16.5. The largest absolute Gasteiger partial charge is 0.310 e. The fraction of sp³-hybridized carbons (Fsp3) is 0. The Morgan fingerprint density at radius 3 is 1.47 bits per heavy atom. The van der Waals surface area contributed by atoms with Gasteiger partial charge in [0, 0.05) is 37.2 Å². The van der Waals surface area contributed by atoms with Crippen LogP contribution < -0.4 is 4.90 Å². The normalized spacial score (nSPS) is 11.4. The zero-order valence-corrected chi connectivity index (χ0v) is 32.5. The van der Waals surface area contributed by atoms with E-state index in [1.165, 1.54) is 86.2 Å². The molecule has 0 fully saturated rings. The molecular formula is C56H37NS. The molecule has 0 aliphatic rings. The molecule has 11 aromatic rings. The van der Waals surface area contributed by atoms with Crippen LogP contribution in [0.3, 0.4) is 0 Å². The second-order valence-corrected chi connectivity index (χ2v) is 15.9. The predicted molar refractivity (Wildman–Crippen MR) is 251 cm³/mol. The Morgan fingerprint density at radius 2 is 0.759 bits per heavy atom. The van der Waals surface area contributed by atoms with E-state index in [2.05, 4.69) is 229 Å². The Hall–Kier alpha value is -7.26. The Labute approximate surface area is 342 Å². The van der Waals surface area contributed by atoms with Gasteiger partial charge in [0.2, 0.25) is 0 Å². The van der Waals surface area contributed by atoms with Gasteiger partial charge in [-0.15, -0.1) is 11.3 Å². The van der Waals surface area contributed by atoms with Crippen molar-refractivity contribution in [2.24, 2.45) is 0 Å². The van der Waals surface area contributed by atoms with Gasteiger partial charge in [-0.2, -0.15) is 0 Å². The molecule has 0 bridgehead atoms. The minimum absolute atomic E-state index is 1.10. The first-order chi connectivity index (χ1) is 28.7. The molecule has 1 aromatic heterocycles. The van der Waals surface area contributed by atoms with Crippen molar-refractivity contribution in [2.75, 3.05) is 4.90 Å². The third-order valence-electron chi connectivity index (χ3n) is 11.5. The highest BCUT2D eigenvalue weighted by molar-refractivity contribution is 7.26. The summed E-state index contributed by atoms with van der Waals surface area (Å²) in [4.78, 5) is 2.38. The molecule has 0 saturated heterocycles. The zero-order chi connectivity index (χ0) is 38.4. The van der Waals surface area contributed by atoms with Crippen molar-refractivity contribution in [3.05, 3.63) is 224 Å². The molecule has 0 amide bonds. The first-order valence-corrected chi connectivity index (χ1v) is 20.6. The highest BCUT2D eigenvalue weighted by Gasteiger charge is 2.16. The molecule has 1 heterocycles. The molecule has 58 heavy (non-hydrogen) atoms. The maximum atomic E-state index is 2.38. The summed E-state index contributed by atoms with van der Waals surface area (Å²) in [6.45, 7) is 0. The van der Waals surface area contributed by atoms with E-state index in [0.29, 0.717) is 0 Å². The van der Waals surface area contributed by atoms with E-state index in [9.17, 15) is 0 Å². The van der Waals surface area contributed by atoms with Crippen molar-refractivity contribution in [1.82, 2.24) is 0 Å². The van der Waals surface area contributed by atoms with Gasteiger partial charge in [-0.1, -0.05) is 176 Å². The summed E-state index contributed by atoms with van der Waals surface area (Å²) in [6, 6.07) is 81.9. The van der Waals surface area contributed by atoms with Gasteiger partial charge in [0.1, 0.15) is 0 Å². The molecule has 0 spiro atoms. The highest BCUT2D eigenvalue weighted by Crippen LogP contribution is 2.42. The highest BCUT2D eigenvalue weighted by atomic mass is 32.1. The summed E-state index contributed by atoms with van der Waals surface area (Å²) in [5.74, 6) is 0. The Kier molecular flexibility index (Phi) is 8.42. The average Bonchev–Trinajstić information content (AvgIpc) is 3.68. The van der Waals surface area contributed by atoms with Crippen molar-refractivity contribution >= 4 is 70.1 Å². The molecule has 0 radical (unpaired) electrons. The number of fused-ring (bicyclic) bond motifs is 5. The lowest BCUT2D eigenvalue weighted by Gasteiger charge is -2.26. The average molecular weight is 756 g/mol. The lowest BCUT2D eigenvalue weighted by Crippen LogP contribution is -2.10. The van der Waals surface area contributed by atoms with Crippen molar-refractivity contribution in [3.8, 4) is 44.5 Å². The number of rotatable bonds is 7. The monoisotopic (exact) mass is 755 g/mol. The molecular weight excluding hydrogens is 719 g/mol. The summed E-state index contributed by atoms with van der Waals surface area (Å²) in [6.07, 6.45) is 0. The van der Waals surface area contributed by atoms with Crippen LogP contribution in [0.25, 0.3) is 86.2 Å². The number of nitrogens with zero attached hydrogens (tertiary/aromatic N) is 1. The first kappa shape index (κ1) is 34.0. The summed E-state index contributed by atoms with van der Waals surface area (Å²) in [5, 5.41) is 7.65. The van der Waals surface area contributed by atoms with Gasteiger partial charge in [0.15, 0.2) is 0 Å². The van der Waals surface area contributed by atoms with Gasteiger partial charge >= 0.3 is 0 Å². The molecule has 0 saturated carbocycles. The van der Waals surface area contributed by atoms with Crippen molar-refractivity contribution in [1.29, 1.82) is 0 Å². The number of benzene rings is 10. The van der Waals surface area contributed by atoms with Gasteiger partial charge in [0.05, 0.1) is 0 Å². The number of anilines is 3. The van der Waals surface area contributed by atoms with Crippen LogP contribution >= 0.6 is 11.3 Å². The van der Waals surface area contributed by atoms with Crippen LogP contribution in [-0.4, -0.2) is 0 Å². The van der Waals surface area contributed by atoms with Crippen LogP contribution in [0, 0.1) is 0 Å². The second kappa shape index (κ2) is 14.4. The quantitative estimate of drug-likeness (QED) is 0.157. The Bertz CT molecular complexity index is 3270. The van der Waals surface area contributed by atoms with Crippen molar-refractivity contribution in [3.63, 3.8) is 0 Å². The Balaban J connectivity index is 0.993. The fourth-order valence-electron chi connectivity index (χ4n) is 8.65. The van der Waals surface area contributed by atoms with E-state index >= 15 is 0 Å². The SMILES string of the molecule is c1cc(-c2ccc(N(c3ccc(-c4cccc5ccccc45)cc3)c3cccc(-c4cccc5ccccc45)c3)cc2)cc(-c2cccc3c2sc2ccccc23)c1. The minimum atomic E-state index is 1.10. The zero-order valence-electron chi connectivity index (χ0n) is 31.7. The third kappa shape index (κ3) is 6.03. The molecule has 0 unspecified atom stereocenters. The summed E-state index contributed by atoms with van der Waals surface area (Å²) < 4.78 is 2.66. The standard InChI is InChI=1S/C56H37NS/c1-3-20-48-39(12-1)14-9-23-50(48)41-30-34-46(35-31-41)57(47-19-8-18-44(37-47)51-24-10-15-40-13-2-4-21-49(40)51)45-32-28-38(29-33-45)42-16-7-17-43(36-42)52-25-11-26-54-53-22-5-6-27-55(53)58-56(52)54/h1-37H. The number of hydrogen-bond acceptors (Lipinski definition) is 2. The summed E-state index contributed by atoms with van der Waals surface area (Å²) >= 11 is 1.88. The van der Waals surface area contributed by atoms with E-state index < -0.39 is 0 Å². The molecule has 272 valence electrons. The Morgan fingerprint density at radius 1 is 0.276 bits per heavy atom. The van der Waals surface area contributed by atoms with Crippen LogP contribution in [-0.2, 0) is 0 Å². The van der Waals surface area contributed by atoms with Gasteiger partial charge < -0.3 is 4.90 Å². The lowest BCUT2D eigenvalue weighted by molar-refractivity contribution is 1.28. The van der Waals surface area contributed by atoms with E-state index in [1.807, 2.05) is 11.3 Å². The van der Waals surface area contributed by atoms with Gasteiger partial charge in [-0.05, 0) is 115 Å². The topological polar surface area (TPSA) is 3.24 Å². The van der Waals surface area contributed by atoms with E-state index in [-0.39, 0.29) is 0 Å². The van der Waals surface area contributed by atoms with Gasteiger partial charge in [-0.25, -0.2) is 0 Å². The van der Waals surface area contributed by atoms with Crippen LogP contribution in [0.2, 0.25) is 0 Å². The summed E-state index contributed by atoms with van der Waals surface area (Å²) in [5.41, 5.74) is 13.1. The molecule has 0 aliphatic carbocycles.